The van der Waals surface area contributed by atoms with Gasteiger partial charge in [-0.3, -0.25) is 14.8 Å². The second-order valence-corrected chi connectivity index (χ2v) is 8.37. The summed E-state index contributed by atoms with van der Waals surface area (Å²) in [5.41, 5.74) is 0.321. The molecule has 0 saturated carbocycles. The first-order valence-corrected chi connectivity index (χ1v) is 8.56. The first-order valence-electron chi connectivity index (χ1n) is 5.47. The van der Waals surface area contributed by atoms with Crippen molar-refractivity contribution in [1.29, 1.82) is 0 Å². The number of benzene rings is 1. The number of aromatic hydroxyl groups is 1. The molecule has 7 nitrogen and oxygen atoms in total. The van der Waals surface area contributed by atoms with Crippen LogP contribution in [0.1, 0.15) is 5.56 Å². The van der Waals surface area contributed by atoms with Crippen molar-refractivity contribution in [2.24, 2.45) is 0 Å². The highest BCUT2D eigenvalue weighted by Crippen LogP contribution is 2.34. The molecule has 10 heteroatoms. The van der Waals surface area contributed by atoms with Gasteiger partial charge in [0.1, 0.15) is 9.96 Å². The highest BCUT2D eigenvalue weighted by Gasteiger charge is 2.20. The number of thiophene rings is 1. The standard InChI is InChI=1S/C11H9BrN2O5S2/c1-6-4-10(20-11(6)12)21(18,19)13-8-3-2-7(14(16)17)5-9(8)15/h2-5,13,15H,1H3. The first-order chi connectivity index (χ1) is 9.70. The van der Waals surface area contributed by atoms with Crippen molar-refractivity contribution in [2.45, 2.75) is 11.1 Å². The van der Waals surface area contributed by atoms with Gasteiger partial charge in [0.25, 0.3) is 15.7 Å². The maximum atomic E-state index is 12.2. The van der Waals surface area contributed by atoms with Crippen LogP contribution in [0.25, 0.3) is 0 Å². The van der Waals surface area contributed by atoms with Crippen LogP contribution in [0.4, 0.5) is 11.4 Å². The van der Waals surface area contributed by atoms with Crippen LogP contribution >= 0.6 is 27.3 Å². The van der Waals surface area contributed by atoms with Crippen molar-refractivity contribution >= 4 is 48.7 Å². The predicted molar refractivity (Wildman–Crippen MR) is 82.3 cm³/mol. The van der Waals surface area contributed by atoms with Crippen molar-refractivity contribution in [3.05, 3.63) is 43.7 Å². The number of aryl methyl sites for hydroxylation is 1. The van der Waals surface area contributed by atoms with Crippen LogP contribution in [0.2, 0.25) is 0 Å². The molecule has 0 bridgehead atoms. The molecular weight excluding hydrogens is 384 g/mol. The molecular formula is C11H9BrN2O5S2. The molecule has 0 spiro atoms. The molecule has 2 N–H and O–H groups in total. The summed E-state index contributed by atoms with van der Waals surface area (Å²) in [6.45, 7) is 1.75. The largest absolute Gasteiger partial charge is 0.505 e. The van der Waals surface area contributed by atoms with Gasteiger partial charge in [-0.15, -0.1) is 11.3 Å². The fourth-order valence-electron chi connectivity index (χ4n) is 1.48. The molecule has 0 unspecified atom stereocenters. The molecule has 0 saturated heterocycles. The lowest BCUT2D eigenvalue weighted by Crippen LogP contribution is -2.11. The summed E-state index contributed by atoms with van der Waals surface area (Å²) in [6.07, 6.45) is 0. The third-order valence-corrected chi connectivity index (χ3v) is 6.51. The van der Waals surface area contributed by atoms with Crippen molar-refractivity contribution < 1.29 is 18.4 Å². The maximum absolute atomic E-state index is 12.2. The van der Waals surface area contributed by atoms with E-state index in [1.807, 2.05) is 0 Å². The average molecular weight is 393 g/mol. The molecule has 2 aromatic rings. The lowest BCUT2D eigenvalue weighted by atomic mass is 10.3. The minimum Gasteiger partial charge on any atom is -0.505 e. The van der Waals surface area contributed by atoms with E-state index in [0.29, 0.717) is 3.79 Å². The van der Waals surface area contributed by atoms with E-state index in [1.165, 1.54) is 6.07 Å². The molecule has 1 heterocycles. The van der Waals surface area contributed by atoms with Gasteiger partial charge in [0, 0.05) is 6.07 Å². The number of hydrogen-bond donors (Lipinski definition) is 2. The number of non-ortho nitro benzene ring substituents is 1. The number of hydrogen-bond acceptors (Lipinski definition) is 6. The number of nitro groups is 1. The highest BCUT2D eigenvalue weighted by atomic mass is 79.9. The number of phenolic OH excluding ortho intramolecular Hbond substituents is 1. The molecule has 0 atom stereocenters. The minimum atomic E-state index is -3.86. The van der Waals surface area contributed by atoms with E-state index >= 15 is 0 Å². The molecule has 2 rings (SSSR count). The van der Waals surface area contributed by atoms with E-state index < -0.39 is 20.7 Å². The number of sulfonamides is 1. The van der Waals surface area contributed by atoms with Crippen LogP contribution in [0, 0.1) is 17.0 Å². The summed E-state index contributed by atoms with van der Waals surface area (Å²) < 4.78 is 27.3. The van der Waals surface area contributed by atoms with Crippen molar-refractivity contribution in [3.63, 3.8) is 0 Å². The Kier molecular flexibility index (Phi) is 4.21. The third-order valence-electron chi connectivity index (χ3n) is 2.54. The quantitative estimate of drug-likeness (QED) is 0.471. The normalized spacial score (nSPS) is 11.3. The molecule has 0 amide bonds. The number of phenols is 1. The Balaban J connectivity index is 2.35. The second-order valence-electron chi connectivity index (χ2n) is 4.09. The summed E-state index contributed by atoms with van der Waals surface area (Å²) in [5.74, 6) is -0.514. The summed E-state index contributed by atoms with van der Waals surface area (Å²) in [6, 6.07) is 4.61. The maximum Gasteiger partial charge on any atom is 0.273 e. The molecule has 0 aliphatic rings. The molecule has 112 valence electrons. The van der Waals surface area contributed by atoms with Gasteiger partial charge < -0.3 is 5.11 Å². The zero-order valence-corrected chi connectivity index (χ0v) is 13.8. The monoisotopic (exact) mass is 392 g/mol. The van der Waals surface area contributed by atoms with Crippen LogP contribution in [-0.2, 0) is 10.0 Å². The highest BCUT2D eigenvalue weighted by molar-refractivity contribution is 9.11. The Morgan fingerprint density at radius 3 is 2.52 bits per heavy atom. The van der Waals surface area contributed by atoms with E-state index in [1.54, 1.807) is 6.92 Å². The molecule has 0 aliphatic heterocycles. The summed E-state index contributed by atoms with van der Waals surface area (Å²) in [5, 5.41) is 20.2. The van der Waals surface area contributed by atoms with Crippen LogP contribution in [0.15, 0.2) is 32.3 Å². The van der Waals surface area contributed by atoms with Gasteiger partial charge in [-0.1, -0.05) is 0 Å². The zero-order chi connectivity index (χ0) is 15.8. The molecule has 0 radical (unpaired) electrons. The summed E-state index contributed by atoms with van der Waals surface area (Å²) in [7, 11) is -3.86. The second kappa shape index (κ2) is 5.62. The Labute approximate surface area is 132 Å². The predicted octanol–water partition coefficient (Wildman–Crippen LogP) is 3.23. The molecule has 0 aliphatic carbocycles. The average Bonchev–Trinajstić information content (AvgIpc) is 2.72. The van der Waals surface area contributed by atoms with E-state index in [-0.39, 0.29) is 15.6 Å². The van der Waals surface area contributed by atoms with Gasteiger partial charge in [0.15, 0.2) is 0 Å². The summed E-state index contributed by atoms with van der Waals surface area (Å²) in [4.78, 5) is 9.88. The van der Waals surface area contributed by atoms with Crippen LogP contribution < -0.4 is 4.72 Å². The lowest BCUT2D eigenvalue weighted by molar-refractivity contribution is -0.384. The fourth-order valence-corrected chi connectivity index (χ4v) is 4.78. The van der Waals surface area contributed by atoms with Gasteiger partial charge in [-0.05, 0) is 40.5 Å². The van der Waals surface area contributed by atoms with Crippen LogP contribution in [-0.4, -0.2) is 18.4 Å². The van der Waals surface area contributed by atoms with Crippen molar-refractivity contribution in [3.8, 4) is 5.75 Å². The first kappa shape index (κ1) is 15.7. The Hall–Kier alpha value is -1.65. The molecule has 21 heavy (non-hydrogen) atoms. The Bertz CT molecular complexity index is 797. The Morgan fingerprint density at radius 2 is 2.05 bits per heavy atom. The molecule has 1 aromatic carbocycles. The topological polar surface area (TPSA) is 110 Å². The van der Waals surface area contributed by atoms with E-state index in [4.69, 9.17) is 0 Å². The smallest absolute Gasteiger partial charge is 0.273 e. The van der Waals surface area contributed by atoms with E-state index in [9.17, 15) is 23.6 Å². The number of rotatable bonds is 4. The number of anilines is 1. The van der Waals surface area contributed by atoms with Gasteiger partial charge >= 0.3 is 0 Å². The molecule has 0 fully saturated rings. The minimum absolute atomic E-state index is 0.0737. The van der Waals surface area contributed by atoms with Gasteiger partial charge in [0.2, 0.25) is 0 Å². The van der Waals surface area contributed by atoms with E-state index in [2.05, 4.69) is 20.7 Å². The number of nitro benzene ring substituents is 1. The van der Waals surface area contributed by atoms with Gasteiger partial charge in [-0.2, -0.15) is 0 Å². The van der Waals surface area contributed by atoms with Crippen molar-refractivity contribution in [2.75, 3.05) is 4.72 Å². The summed E-state index contributed by atoms with van der Waals surface area (Å²) >= 11 is 4.27. The lowest BCUT2D eigenvalue weighted by Gasteiger charge is -2.07. The van der Waals surface area contributed by atoms with Crippen LogP contribution in [0.5, 0.6) is 5.75 Å². The third kappa shape index (κ3) is 3.34. The number of nitrogens with zero attached hydrogens (tertiary/aromatic N) is 1. The number of halogens is 1. The van der Waals surface area contributed by atoms with Crippen molar-refractivity contribution in [1.82, 2.24) is 0 Å². The van der Waals surface area contributed by atoms with Gasteiger partial charge in [0.05, 0.1) is 20.5 Å². The fraction of sp³-hybridized carbons (Fsp3) is 0.0909. The van der Waals surface area contributed by atoms with Crippen LogP contribution in [0.3, 0.4) is 0 Å². The SMILES string of the molecule is Cc1cc(S(=O)(=O)Nc2ccc([N+](=O)[O-])cc2O)sc1Br. The zero-order valence-electron chi connectivity index (χ0n) is 10.5. The molecule has 1 aromatic heterocycles. The van der Waals surface area contributed by atoms with E-state index in [0.717, 1.165) is 35.1 Å². The Morgan fingerprint density at radius 1 is 1.38 bits per heavy atom. The van der Waals surface area contributed by atoms with Gasteiger partial charge in [-0.25, -0.2) is 8.42 Å². The number of nitrogens with one attached hydrogen (secondary N) is 1.